The number of anilines is 1. The molecule has 1 fully saturated rings. The first-order chi connectivity index (χ1) is 16.1. The van der Waals surface area contributed by atoms with Crippen LogP contribution in [0.3, 0.4) is 0 Å². The summed E-state index contributed by atoms with van der Waals surface area (Å²) in [6.45, 7) is -1.69. The van der Waals surface area contributed by atoms with Crippen LogP contribution in [0.2, 0.25) is 0 Å². The van der Waals surface area contributed by atoms with Gasteiger partial charge in [0.15, 0.2) is 15.9 Å². The second-order valence-electron chi connectivity index (χ2n) is 7.65. The normalized spacial score (nSPS) is 14.3. The summed E-state index contributed by atoms with van der Waals surface area (Å²) in [4.78, 5) is 16.0. The molecule has 0 unspecified atom stereocenters. The molecule has 182 valence electrons. The van der Waals surface area contributed by atoms with E-state index in [4.69, 9.17) is 10.00 Å². The highest BCUT2D eigenvalue weighted by Gasteiger charge is 2.27. The number of alkyl halides is 2. The fourth-order valence-electron chi connectivity index (χ4n) is 3.48. The van der Waals surface area contributed by atoms with Crippen molar-refractivity contribution in [2.45, 2.75) is 11.0 Å². The molecule has 0 radical (unpaired) electrons. The van der Waals surface area contributed by atoms with Crippen LogP contribution in [0.5, 0.6) is 5.75 Å². The van der Waals surface area contributed by atoms with Crippen LogP contribution in [-0.2, 0) is 9.84 Å². The topological polar surface area (TPSA) is 90.7 Å². The molecule has 7 nitrogen and oxygen atoms in total. The Morgan fingerprint density at radius 2 is 1.68 bits per heavy atom. The predicted molar refractivity (Wildman–Crippen MR) is 115 cm³/mol. The van der Waals surface area contributed by atoms with E-state index in [0.29, 0.717) is 0 Å². The molecule has 0 atom stereocenters. The van der Waals surface area contributed by atoms with Gasteiger partial charge in [-0.2, -0.15) is 5.26 Å². The third-order valence-corrected chi connectivity index (χ3v) is 6.43. The Morgan fingerprint density at radius 1 is 1.09 bits per heavy atom. The van der Waals surface area contributed by atoms with Crippen molar-refractivity contribution in [1.29, 1.82) is 5.26 Å². The highest BCUT2D eigenvalue weighted by molar-refractivity contribution is 7.90. The Kier molecular flexibility index (Phi) is 7.66. The van der Waals surface area contributed by atoms with Crippen LogP contribution in [-0.4, -0.2) is 71.1 Å². The lowest BCUT2D eigenvalue weighted by Crippen LogP contribution is -2.49. The molecule has 1 saturated heterocycles. The van der Waals surface area contributed by atoms with E-state index in [2.05, 4.69) is 0 Å². The largest absolute Gasteiger partial charge is 0.484 e. The van der Waals surface area contributed by atoms with Crippen molar-refractivity contribution < 1.29 is 35.5 Å². The van der Waals surface area contributed by atoms with Crippen molar-refractivity contribution >= 4 is 21.4 Å². The second kappa shape index (κ2) is 10.3. The molecule has 1 aliphatic rings. The number of amides is 1. The number of halogens is 4. The molecule has 3 rings (SSSR count). The molecular weight excluding hydrogens is 478 g/mol. The Hall–Kier alpha value is -3.33. The lowest BCUT2D eigenvalue weighted by molar-refractivity contribution is 0.0732. The smallest absolute Gasteiger partial charge is 0.257 e. The van der Waals surface area contributed by atoms with E-state index in [0.717, 1.165) is 24.5 Å². The van der Waals surface area contributed by atoms with Gasteiger partial charge in [-0.3, -0.25) is 4.79 Å². The van der Waals surface area contributed by atoms with Gasteiger partial charge in [0.1, 0.15) is 42.4 Å². The fraction of sp³-hybridized carbons (Fsp3) is 0.364. The number of hydrogen-bond donors (Lipinski definition) is 0. The third kappa shape index (κ3) is 5.41. The number of ether oxygens (including phenoxy) is 1. The van der Waals surface area contributed by atoms with Crippen molar-refractivity contribution in [3.8, 4) is 11.8 Å². The van der Waals surface area contributed by atoms with Crippen LogP contribution in [0.15, 0.2) is 35.2 Å². The average Bonchev–Trinajstić information content (AvgIpc) is 2.81. The fourth-order valence-corrected chi connectivity index (χ4v) is 4.13. The summed E-state index contributed by atoms with van der Waals surface area (Å²) in [6, 6.07) is 6.98. The quantitative estimate of drug-likeness (QED) is 0.545. The summed E-state index contributed by atoms with van der Waals surface area (Å²) in [7, 11) is -3.68. The first-order valence-corrected chi connectivity index (χ1v) is 12.0. The first kappa shape index (κ1) is 25.3. The monoisotopic (exact) mass is 499 g/mol. The van der Waals surface area contributed by atoms with Crippen LogP contribution in [0, 0.1) is 23.0 Å². The number of nitrogens with zero attached hydrogens (tertiary/aromatic N) is 3. The minimum absolute atomic E-state index is 0.111. The van der Waals surface area contributed by atoms with Gasteiger partial charge < -0.3 is 14.5 Å². The molecule has 1 heterocycles. The first-order valence-electron chi connectivity index (χ1n) is 10.1. The highest BCUT2D eigenvalue weighted by atomic mass is 32.2. The lowest BCUT2D eigenvalue weighted by atomic mass is 10.1. The maximum atomic E-state index is 14.0. The van der Waals surface area contributed by atoms with Gasteiger partial charge in [-0.1, -0.05) is 0 Å². The minimum atomic E-state index is -3.68. The van der Waals surface area contributed by atoms with Crippen LogP contribution >= 0.6 is 0 Å². The van der Waals surface area contributed by atoms with Gasteiger partial charge in [0.05, 0.1) is 10.5 Å². The molecule has 0 aliphatic carbocycles. The third-order valence-electron chi connectivity index (χ3n) is 5.32. The zero-order valence-electron chi connectivity index (χ0n) is 18.1. The maximum absolute atomic E-state index is 14.0. The number of rotatable bonds is 7. The lowest BCUT2D eigenvalue weighted by Gasteiger charge is -2.36. The molecular formula is C22H21F4N3O4S. The van der Waals surface area contributed by atoms with Gasteiger partial charge in [-0.05, 0) is 30.3 Å². The van der Waals surface area contributed by atoms with E-state index in [1.54, 1.807) is 4.90 Å². The van der Waals surface area contributed by atoms with Gasteiger partial charge in [0.2, 0.25) is 0 Å². The zero-order chi connectivity index (χ0) is 25.0. The van der Waals surface area contributed by atoms with Crippen molar-refractivity contribution in [2.75, 3.05) is 50.7 Å². The van der Waals surface area contributed by atoms with Crippen LogP contribution < -0.4 is 9.64 Å². The van der Waals surface area contributed by atoms with Crippen molar-refractivity contribution in [3.05, 3.63) is 53.1 Å². The molecule has 0 spiro atoms. The summed E-state index contributed by atoms with van der Waals surface area (Å²) >= 11 is 0. The van der Waals surface area contributed by atoms with Crippen LogP contribution in [0.25, 0.3) is 0 Å². The summed E-state index contributed by atoms with van der Waals surface area (Å²) in [5.74, 6) is -2.76. The minimum Gasteiger partial charge on any atom is -0.484 e. The van der Waals surface area contributed by atoms with Crippen LogP contribution in [0.1, 0.15) is 15.9 Å². The summed E-state index contributed by atoms with van der Waals surface area (Å²) < 4.78 is 83.0. The Morgan fingerprint density at radius 3 is 2.18 bits per heavy atom. The SMILES string of the molecule is CS(=O)(=O)c1ccc(OC(CF)CF)c(C(=O)N2CCN(c3cc(F)c(C#N)c(F)c3)CC2)c1. The van der Waals surface area contributed by atoms with Gasteiger partial charge in [-0.15, -0.1) is 0 Å². The van der Waals surface area contributed by atoms with Crippen LogP contribution in [0.4, 0.5) is 23.2 Å². The predicted octanol–water partition coefficient (Wildman–Crippen LogP) is 2.89. The van der Waals surface area contributed by atoms with E-state index in [1.807, 2.05) is 0 Å². The van der Waals surface area contributed by atoms with E-state index in [9.17, 15) is 30.8 Å². The summed E-state index contributed by atoms with van der Waals surface area (Å²) in [5.41, 5.74) is -0.646. The number of carbonyl (C=O) groups excluding carboxylic acids is 1. The number of hydrogen-bond acceptors (Lipinski definition) is 6. The molecule has 0 N–H and O–H groups in total. The second-order valence-corrected chi connectivity index (χ2v) is 9.67. The molecule has 1 aliphatic heterocycles. The van der Waals surface area contributed by atoms with Crippen molar-refractivity contribution in [2.24, 2.45) is 0 Å². The molecule has 0 aromatic heterocycles. The Balaban J connectivity index is 1.83. The van der Waals surface area contributed by atoms with Crippen molar-refractivity contribution in [3.63, 3.8) is 0 Å². The summed E-state index contributed by atoms with van der Waals surface area (Å²) in [5, 5.41) is 8.81. The molecule has 0 saturated carbocycles. The number of piperazine rings is 1. The molecule has 12 heteroatoms. The number of benzene rings is 2. The molecule has 0 bridgehead atoms. The number of nitriles is 1. The van der Waals surface area contributed by atoms with Crippen molar-refractivity contribution in [1.82, 2.24) is 4.90 Å². The molecule has 2 aromatic rings. The summed E-state index contributed by atoms with van der Waals surface area (Å²) in [6.07, 6.45) is -0.494. The molecule has 2 aromatic carbocycles. The van der Waals surface area contributed by atoms with Gasteiger partial charge in [0.25, 0.3) is 5.91 Å². The number of sulfone groups is 1. The molecule has 1 amide bonds. The van der Waals surface area contributed by atoms with E-state index < -0.39 is 52.4 Å². The Bertz CT molecular complexity index is 1200. The maximum Gasteiger partial charge on any atom is 0.257 e. The molecule has 34 heavy (non-hydrogen) atoms. The van der Waals surface area contributed by atoms with Gasteiger partial charge in [-0.25, -0.2) is 26.0 Å². The highest BCUT2D eigenvalue weighted by Crippen LogP contribution is 2.27. The average molecular weight is 499 g/mol. The van der Waals surface area contributed by atoms with Gasteiger partial charge >= 0.3 is 0 Å². The standard InChI is InChI=1S/C22H21F4N3O4S/c1-34(31,32)16-2-3-21(33-15(11-23)12-24)17(10-16)22(30)29-6-4-28(5-7-29)14-8-19(25)18(13-27)20(26)9-14/h2-3,8-10,15H,4-7,11-12H2,1H3. The van der Waals surface area contributed by atoms with Gasteiger partial charge in [0, 0.05) is 38.1 Å². The van der Waals surface area contributed by atoms with E-state index in [-0.39, 0.29) is 48.1 Å². The zero-order valence-corrected chi connectivity index (χ0v) is 18.9. The van der Waals surface area contributed by atoms with E-state index >= 15 is 0 Å². The van der Waals surface area contributed by atoms with E-state index in [1.165, 1.54) is 23.1 Å². The Labute approximate surface area is 194 Å². The number of carbonyl (C=O) groups is 1.